The van der Waals surface area contributed by atoms with Crippen molar-refractivity contribution in [2.24, 2.45) is 0 Å². The van der Waals surface area contributed by atoms with Crippen LogP contribution in [0.5, 0.6) is 0 Å². The van der Waals surface area contributed by atoms with E-state index in [1.165, 1.54) is 12.0 Å². The molecule has 0 bridgehead atoms. The smallest absolute Gasteiger partial charge is 0.0478 e. The quantitative estimate of drug-likeness (QED) is 0.711. The van der Waals surface area contributed by atoms with E-state index >= 15 is 0 Å². The Morgan fingerprint density at radius 3 is 2.73 bits per heavy atom. The Morgan fingerprint density at radius 2 is 2.07 bits per heavy atom. The summed E-state index contributed by atoms with van der Waals surface area (Å²) >= 11 is 6.20. The highest BCUT2D eigenvalue weighted by molar-refractivity contribution is 6.21. The molecule has 1 heterocycles. The van der Waals surface area contributed by atoms with Crippen LogP contribution in [0.2, 0.25) is 0 Å². The van der Waals surface area contributed by atoms with Crippen molar-refractivity contribution in [2.75, 3.05) is 6.54 Å². The Bertz CT molecular complexity index is 299. The van der Waals surface area contributed by atoms with E-state index in [9.17, 15) is 0 Å². The highest BCUT2D eigenvalue weighted by Crippen LogP contribution is 2.25. The van der Waals surface area contributed by atoms with Crippen molar-refractivity contribution in [3.05, 3.63) is 35.9 Å². The summed E-state index contributed by atoms with van der Waals surface area (Å²) in [6.45, 7) is 4.33. The normalized spacial score (nSPS) is 27.1. The highest BCUT2D eigenvalue weighted by atomic mass is 35.5. The monoisotopic (exact) mass is 223 g/mol. The minimum atomic E-state index is 0.346. The molecule has 0 aromatic heterocycles. The van der Waals surface area contributed by atoms with Crippen LogP contribution >= 0.6 is 11.6 Å². The van der Waals surface area contributed by atoms with Crippen LogP contribution in [0, 0.1) is 0 Å². The second-order valence-electron chi connectivity index (χ2n) is 4.31. The minimum absolute atomic E-state index is 0.346. The van der Waals surface area contributed by atoms with Crippen molar-refractivity contribution in [3.63, 3.8) is 0 Å². The molecule has 15 heavy (non-hydrogen) atoms. The Balaban J connectivity index is 2.00. The van der Waals surface area contributed by atoms with Crippen LogP contribution in [0.15, 0.2) is 30.3 Å². The Morgan fingerprint density at radius 1 is 1.33 bits per heavy atom. The number of hydrogen-bond donors (Lipinski definition) is 0. The van der Waals surface area contributed by atoms with E-state index < -0.39 is 0 Å². The van der Waals surface area contributed by atoms with Crippen molar-refractivity contribution >= 4 is 11.6 Å². The maximum atomic E-state index is 6.20. The molecule has 2 heteroatoms. The third kappa shape index (κ3) is 2.73. The van der Waals surface area contributed by atoms with Gasteiger partial charge in [0.05, 0.1) is 0 Å². The molecule has 1 aromatic rings. The van der Waals surface area contributed by atoms with Gasteiger partial charge in [-0.05, 0) is 18.4 Å². The van der Waals surface area contributed by atoms with Gasteiger partial charge in [-0.25, -0.2) is 0 Å². The fourth-order valence-electron chi connectivity index (χ4n) is 2.36. The molecule has 0 amide bonds. The summed E-state index contributed by atoms with van der Waals surface area (Å²) in [7, 11) is 0. The van der Waals surface area contributed by atoms with Crippen LogP contribution < -0.4 is 0 Å². The lowest BCUT2D eigenvalue weighted by Gasteiger charge is -2.22. The van der Waals surface area contributed by atoms with E-state index in [0.717, 1.165) is 19.5 Å². The fourth-order valence-corrected chi connectivity index (χ4v) is 2.74. The average Bonchev–Trinajstić information content (AvgIpc) is 2.60. The van der Waals surface area contributed by atoms with E-state index in [0.29, 0.717) is 11.4 Å². The number of hydrogen-bond acceptors (Lipinski definition) is 1. The van der Waals surface area contributed by atoms with Gasteiger partial charge in [0.2, 0.25) is 0 Å². The predicted octanol–water partition coefficient (Wildman–Crippen LogP) is 3.28. The number of benzene rings is 1. The van der Waals surface area contributed by atoms with Crippen LogP contribution in [0.25, 0.3) is 0 Å². The van der Waals surface area contributed by atoms with E-state index in [2.05, 4.69) is 42.2 Å². The Kier molecular flexibility index (Phi) is 3.66. The molecule has 0 unspecified atom stereocenters. The van der Waals surface area contributed by atoms with E-state index in [4.69, 9.17) is 11.6 Å². The second-order valence-corrected chi connectivity index (χ2v) is 4.93. The first-order valence-corrected chi connectivity index (χ1v) is 6.15. The average molecular weight is 224 g/mol. The SMILES string of the molecule is CC[C@H]1C[C@@H](Cl)CN1Cc1ccccc1. The summed E-state index contributed by atoms with van der Waals surface area (Å²) in [6.07, 6.45) is 2.35. The van der Waals surface area contributed by atoms with Gasteiger partial charge in [0.25, 0.3) is 0 Å². The topological polar surface area (TPSA) is 3.24 Å². The molecule has 1 saturated heterocycles. The van der Waals surface area contributed by atoms with E-state index in [-0.39, 0.29) is 0 Å². The maximum absolute atomic E-state index is 6.20. The summed E-state index contributed by atoms with van der Waals surface area (Å²) < 4.78 is 0. The molecule has 0 aliphatic carbocycles. The van der Waals surface area contributed by atoms with Gasteiger partial charge >= 0.3 is 0 Å². The minimum Gasteiger partial charge on any atom is -0.295 e. The summed E-state index contributed by atoms with van der Waals surface area (Å²) in [4.78, 5) is 2.51. The van der Waals surface area contributed by atoms with Gasteiger partial charge in [-0.2, -0.15) is 0 Å². The molecule has 0 saturated carbocycles. The standard InChI is InChI=1S/C13H18ClN/c1-2-13-8-12(14)10-15(13)9-11-6-4-3-5-7-11/h3-7,12-13H,2,8-10H2,1H3/t12-,13+/m1/s1. The zero-order valence-corrected chi connectivity index (χ0v) is 9.95. The number of rotatable bonds is 3. The summed E-state index contributed by atoms with van der Waals surface area (Å²) in [6, 6.07) is 11.3. The fraction of sp³-hybridized carbons (Fsp3) is 0.538. The molecular weight excluding hydrogens is 206 g/mol. The van der Waals surface area contributed by atoms with Crippen molar-refractivity contribution in [1.29, 1.82) is 0 Å². The lowest BCUT2D eigenvalue weighted by Crippen LogP contribution is -2.28. The second kappa shape index (κ2) is 5.00. The number of likely N-dealkylation sites (tertiary alicyclic amines) is 1. The Labute approximate surface area is 97.0 Å². The molecule has 1 fully saturated rings. The van der Waals surface area contributed by atoms with Gasteiger partial charge in [0.1, 0.15) is 0 Å². The van der Waals surface area contributed by atoms with E-state index in [1.807, 2.05) is 0 Å². The summed E-state index contributed by atoms with van der Waals surface area (Å²) in [5, 5.41) is 0.346. The number of alkyl halides is 1. The van der Waals surface area contributed by atoms with Gasteiger partial charge in [-0.3, -0.25) is 4.90 Å². The van der Waals surface area contributed by atoms with Crippen molar-refractivity contribution < 1.29 is 0 Å². The third-order valence-corrected chi connectivity index (χ3v) is 3.49. The van der Waals surface area contributed by atoms with Crippen LogP contribution in [-0.4, -0.2) is 22.9 Å². The Hall–Kier alpha value is -0.530. The van der Waals surface area contributed by atoms with Gasteiger partial charge in [0, 0.05) is 24.5 Å². The third-order valence-electron chi connectivity index (χ3n) is 3.18. The molecule has 2 atom stereocenters. The largest absolute Gasteiger partial charge is 0.295 e. The highest BCUT2D eigenvalue weighted by Gasteiger charge is 2.29. The van der Waals surface area contributed by atoms with E-state index in [1.54, 1.807) is 0 Å². The molecular formula is C13H18ClN. The summed E-state index contributed by atoms with van der Waals surface area (Å²) in [5.74, 6) is 0. The van der Waals surface area contributed by atoms with Crippen molar-refractivity contribution in [1.82, 2.24) is 4.90 Å². The lowest BCUT2D eigenvalue weighted by atomic mass is 10.1. The molecule has 0 N–H and O–H groups in total. The zero-order chi connectivity index (χ0) is 10.7. The zero-order valence-electron chi connectivity index (χ0n) is 9.20. The lowest BCUT2D eigenvalue weighted by molar-refractivity contribution is 0.240. The number of halogens is 1. The predicted molar refractivity (Wildman–Crippen MR) is 65.2 cm³/mol. The first-order valence-electron chi connectivity index (χ1n) is 5.71. The first kappa shape index (κ1) is 11.0. The maximum Gasteiger partial charge on any atom is 0.0478 e. The van der Waals surface area contributed by atoms with Crippen LogP contribution in [0.3, 0.4) is 0 Å². The van der Waals surface area contributed by atoms with Gasteiger partial charge < -0.3 is 0 Å². The van der Waals surface area contributed by atoms with Gasteiger partial charge in [-0.15, -0.1) is 11.6 Å². The molecule has 0 radical (unpaired) electrons. The van der Waals surface area contributed by atoms with Crippen molar-refractivity contribution in [3.8, 4) is 0 Å². The summed E-state index contributed by atoms with van der Waals surface area (Å²) in [5.41, 5.74) is 1.39. The number of nitrogens with zero attached hydrogens (tertiary/aromatic N) is 1. The molecule has 1 nitrogen and oxygen atoms in total. The molecule has 1 aliphatic rings. The van der Waals surface area contributed by atoms with Gasteiger partial charge in [0.15, 0.2) is 0 Å². The van der Waals surface area contributed by atoms with Gasteiger partial charge in [-0.1, -0.05) is 37.3 Å². The molecule has 1 aliphatic heterocycles. The van der Waals surface area contributed by atoms with Crippen LogP contribution in [-0.2, 0) is 6.54 Å². The molecule has 2 rings (SSSR count). The molecule has 0 spiro atoms. The van der Waals surface area contributed by atoms with Crippen LogP contribution in [0.1, 0.15) is 25.3 Å². The van der Waals surface area contributed by atoms with Crippen LogP contribution in [0.4, 0.5) is 0 Å². The van der Waals surface area contributed by atoms with Crippen molar-refractivity contribution in [2.45, 2.75) is 37.7 Å². The first-order chi connectivity index (χ1) is 7.29. The molecule has 1 aromatic carbocycles. The molecule has 82 valence electrons.